The van der Waals surface area contributed by atoms with Gasteiger partial charge in [-0.2, -0.15) is 0 Å². The molecule has 13 heavy (non-hydrogen) atoms. The van der Waals surface area contributed by atoms with Crippen LogP contribution in [0, 0.1) is 11.8 Å². The molecule has 0 aromatic rings. The van der Waals surface area contributed by atoms with Crippen LogP contribution in [0.25, 0.3) is 0 Å². The minimum Gasteiger partial charge on any atom is -0.351 e. The molecule has 2 atom stereocenters. The van der Waals surface area contributed by atoms with E-state index in [0.717, 1.165) is 26.2 Å². The van der Waals surface area contributed by atoms with Crippen molar-refractivity contribution in [3.8, 4) is 0 Å². The summed E-state index contributed by atoms with van der Waals surface area (Å²) >= 11 is 0. The molecule has 0 radical (unpaired) electrons. The van der Waals surface area contributed by atoms with Crippen molar-refractivity contribution in [2.45, 2.75) is 13.0 Å². The molecule has 3 N–H and O–H groups in total. The van der Waals surface area contributed by atoms with Gasteiger partial charge >= 0.3 is 0 Å². The fourth-order valence-electron chi connectivity index (χ4n) is 1.86. The topological polar surface area (TPSA) is 53.2 Å². The standard InChI is InChI=1S/C9H17N3O/c1-6-2-10-5-8(6)9(13)12-7-3-11-4-7/h6-8,10-11H,2-5H2,1H3,(H,12,13). The highest BCUT2D eigenvalue weighted by Gasteiger charge is 2.31. The van der Waals surface area contributed by atoms with Gasteiger partial charge in [0.25, 0.3) is 0 Å². The number of rotatable bonds is 2. The average Bonchev–Trinajstić information content (AvgIpc) is 2.43. The van der Waals surface area contributed by atoms with Gasteiger partial charge in [0.2, 0.25) is 5.91 Å². The molecule has 2 fully saturated rings. The van der Waals surface area contributed by atoms with Crippen molar-refractivity contribution in [2.24, 2.45) is 11.8 Å². The fraction of sp³-hybridized carbons (Fsp3) is 0.889. The van der Waals surface area contributed by atoms with E-state index in [1.165, 1.54) is 0 Å². The molecule has 2 heterocycles. The van der Waals surface area contributed by atoms with Crippen molar-refractivity contribution in [3.63, 3.8) is 0 Å². The fourth-order valence-corrected chi connectivity index (χ4v) is 1.86. The Hall–Kier alpha value is -0.610. The van der Waals surface area contributed by atoms with Gasteiger partial charge in [0.15, 0.2) is 0 Å². The van der Waals surface area contributed by atoms with E-state index in [-0.39, 0.29) is 11.8 Å². The predicted octanol–water partition coefficient (Wildman–Crippen LogP) is -1.07. The quantitative estimate of drug-likeness (QED) is 0.511. The van der Waals surface area contributed by atoms with Crippen LogP contribution in [0.5, 0.6) is 0 Å². The van der Waals surface area contributed by atoms with E-state index in [0.29, 0.717) is 12.0 Å². The van der Waals surface area contributed by atoms with Gasteiger partial charge < -0.3 is 16.0 Å². The van der Waals surface area contributed by atoms with Crippen LogP contribution in [0.3, 0.4) is 0 Å². The summed E-state index contributed by atoms with van der Waals surface area (Å²) in [7, 11) is 0. The molecule has 0 aromatic carbocycles. The second-order valence-corrected chi connectivity index (χ2v) is 4.11. The molecule has 0 saturated carbocycles. The number of carbonyl (C=O) groups excluding carboxylic acids is 1. The van der Waals surface area contributed by atoms with Crippen molar-refractivity contribution < 1.29 is 4.79 Å². The first-order valence-electron chi connectivity index (χ1n) is 4.99. The average molecular weight is 183 g/mol. The minimum atomic E-state index is 0.181. The zero-order chi connectivity index (χ0) is 9.26. The van der Waals surface area contributed by atoms with Gasteiger partial charge in [-0.05, 0) is 12.5 Å². The van der Waals surface area contributed by atoms with Crippen LogP contribution in [0.4, 0.5) is 0 Å². The smallest absolute Gasteiger partial charge is 0.225 e. The molecule has 4 heteroatoms. The minimum absolute atomic E-state index is 0.181. The van der Waals surface area contributed by atoms with Gasteiger partial charge in [0.05, 0.1) is 12.0 Å². The van der Waals surface area contributed by atoms with Crippen LogP contribution in [-0.4, -0.2) is 38.1 Å². The summed E-state index contributed by atoms with van der Waals surface area (Å²) in [4.78, 5) is 11.7. The number of amides is 1. The first-order valence-corrected chi connectivity index (χ1v) is 4.99. The molecule has 2 saturated heterocycles. The van der Waals surface area contributed by atoms with Gasteiger partial charge in [-0.1, -0.05) is 6.92 Å². The summed E-state index contributed by atoms with van der Waals surface area (Å²) < 4.78 is 0. The number of hydrogen-bond acceptors (Lipinski definition) is 3. The van der Waals surface area contributed by atoms with Crippen LogP contribution in [-0.2, 0) is 4.79 Å². The van der Waals surface area contributed by atoms with Crippen LogP contribution in [0.15, 0.2) is 0 Å². The predicted molar refractivity (Wildman–Crippen MR) is 50.3 cm³/mol. The van der Waals surface area contributed by atoms with Gasteiger partial charge in [0.1, 0.15) is 0 Å². The Balaban J connectivity index is 1.81. The maximum Gasteiger partial charge on any atom is 0.225 e. The molecule has 1 amide bonds. The van der Waals surface area contributed by atoms with Gasteiger partial charge in [-0.3, -0.25) is 4.79 Å². The third-order valence-electron chi connectivity index (χ3n) is 2.98. The highest BCUT2D eigenvalue weighted by atomic mass is 16.2. The SMILES string of the molecule is CC1CNCC1C(=O)NC1CNC1. The van der Waals surface area contributed by atoms with Crippen molar-refractivity contribution in [1.82, 2.24) is 16.0 Å². The first kappa shape index (κ1) is 8.97. The Bertz CT molecular complexity index is 203. The maximum absolute atomic E-state index is 11.7. The van der Waals surface area contributed by atoms with E-state index in [1.807, 2.05) is 0 Å². The largest absolute Gasteiger partial charge is 0.351 e. The normalized spacial score (nSPS) is 34.2. The zero-order valence-electron chi connectivity index (χ0n) is 7.97. The number of carbonyl (C=O) groups is 1. The molecule has 4 nitrogen and oxygen atoms in total. The van der Waals surface area contributed by atoms with Gasteiger partial charge in [-0.15, -0.1) is 0 Å². The summed E-state index contributed by atoms with van der Waals surface area (Å²) in [6, 6.07) is 0.375. The summed E-state index contributed by atoms with van der Waals surface area (Å²) in [6.07, 6.45) is 0. The molecular formula is C9H17N3O. The van der Waals surface area contributed by atoms with E-state index in [1.54, 1.807) is 0 Å². The lowest BCUT2D eigenvalue weighted by Gasteiger charge is -2.29. The lowest BCUT2D eigenvalue weighted by atomic mass is 9.96. The van der Waals surface area contributed by atoms with Crippen molar-refractivity contribution in [3.05, 3.63) is 0 Å². The monoisotopic (exact) mass is 183 g/mol. The van der Waals surface area contributed by atoms with E-state index < -0.39 is 0 Å². The molecule has 2 rings (SSSR count). The van der Waals surface area contributed by atoms with Crippen LogP contribution in [0.2, 0.25) is 0 Å². The summed E-state index contributed by atoms with van der Waals surface area (Å²) in [5.74, 6) is 0.887. The third-order valence-corrected chi connectivity index (χ3v) is 2.98. The molecule has 0 aliphatic carbocycles. The highest BCUT2D eigenvalue weighted by molar-refractivity contribution is 5.80. The van der Waals surface area contributed by atoms with Gasteiger partial charge in [-0.25, -0.2) is 0 Å². The Morgan fingerprint density at radius 3 is 2.38 bits per heavy atom. The van der Waals surface area contributed by atoms with Crippen LogP contribution < -0.4 is 16.0 Å². The Kier molecular flexibility index (Phi) is 2.51. The highest BCUT2D eigenvalue weighted by Crippen LogP contribution is 2.15. The molecule has 0 bridgehead atoms. The number of nitrogens with one attached hydrogen (secondary N) is 3. The summed E-state index contributed by atoms with van der Waals surface area (Å²) in [5.41, 5.74) is 0. The molecule has 74 valence electrons. The van der Waals surface area contributed by atoms with E-state index >= 15 is 0 Å². The Morgan fingerprint density at radius 1 is 1.23 bits per heavy atom. The second kappa shape index (κ2) is 3.64. The van der Waals surface area contributed by atoms with E-state index in [4.69, 9.17) is 0 Å². The van der Waals surface area contributed by atoms with Crippen molar-refractivity contribution >= 4 is 5.91 Å². The first-order chi connectivity index (χ1) is 6.27. The summed E-state index contributed by atoms with van der Waals surface area (Å²) in [5, 5.41) is 9.42. The molecule has 0 spiro atoms. The van der Waals surface area contributed by atoms with Crippen molar-refractivity contribution in [1.29, 1.82) is 0 Å². The zero-order valence-corrected chi connectivity index (χ0v) is 7.97. The number of hydrogen-bond donors (Lipinski definition) is 3. The van der Waals surface area contributed by atoms with E-state index in [9.17, 15) is 4.79 Å². The van der Waals surface area contributed by atoms with Crippen LogP contribution in [0.1, 0.15) is 6.92 Å². The van der Waals surface area contributed by atoms with Crippen LogP contribution >= 0.6 is 0 Å². The second-order valence-electron chi connectivity index (χ2n) is 4.11. The maximum atomic E-state index is 11.7. The lowest BCUT2D eigenvalue weighted by Crippen LogP contribution is -2.58. The van der Waals surface area contributed by atoms with Gasteiger partial charge in [0, 0.05) is 19.6 Å². The third kappa shape index (κ3) is 1.84. The van der Waals surface area contributed by atoms with E-state index in [2.05, 4.69) is 22.9 Å². The summed E-state index contributed by atoms with van der Waals surface area (Å²) in [6.45, 7) is 5.80. The molecule has 2 aliphatic heterocycles. The molecule has 0 aromatic heterocycles. The lowest BCUT2D eigenvalue weighted by molar-refractivity contribution is -0.126. The molecule has 2 unspecified atom stereocenters. The Morgan fingerprint density at radius 2 is 1.92 bits per heavy atom. The molecular weight excluding hydrogens is 166 g/mol. The molecule has 2 aliphatic rings. The Labute approximate surface area is 78.5 Å². The van der Waals surface area contributed by atoms with Crippen molar-refractivity contribution in [2.75, 3.05) is 26.2 Å².